The summed E-state index contributed by atoms with van der Waals surface area (Å²) in [5, 5.41) is 4.82. The van der Waals surface area contributed by atoms with Crippen molar-refractivity contribution in [2.75, 3.05) is 19.6 Å². The zero-order chi connectivity index (χ0) is 18.5. The number of aromatic nitrogens is 1. The minimum Gasteiger partial charge on any atom is -0.354 e. The van der Waals surface area contributed by atoms with Crippen LogP contribution in [-0.2, 0) is 16.1 Å². The summed E-state index contributed by atoms with van der Waals surface area (Å²) < 4.78 is 2.52. The lowest BCUT2D eigenvalue weighted by molar-refractivity contribution is -0.130. The first-order chi connectivity index (χ1) is 12.5. The van der Waals surface area contributed by atoms with Crippen molar-refractivity contribution < 1.29 is 9.59 Å². The average Bonchev–Trinajstić information content (AvgIpc) is 3.27. The molecule has 7 heteroatoms. The van der Waals surface area contributed by atoms with Crippen molar-refractivity contribution in [3.63, 3.8) is 0 Å². The molecule has 26 heavy (non-hydrogen) atoms. The maximum absolute atomic E-state index is 12.3. The fraction of sp³-hybridized carbons (Fsp3) is 0.421. The fourth-order valence-electron chi connectivity index (χ4n) is 3.06. The summed E-state index contributed by atoms with van der Waals surface area (Å²) in [5.41, 5.74) is 3.18. The molecule has 5 nitrogen and oxygen atoms in total. The first-order valence-electron chi connectivity index (χ1n) is 8.84. The van der Waals surface area contributed by atoms with Crippen LogP contribution in [0.1, 0.15) is 24.8 Å². The van der Waals surface area contributed by atoms with Crippen LogP contribution in [0.3, 0.4) is 0 Å². The van der Waals surface area contributed by atoms with Gasteiger partial charge < -0.3 is 14.8 Å². The zero-order valence-electron chi connectivity index (χ0n) is 14.9. The van der Waals surface area contributed by atoms with Gasteiger partial charge in [-0.2, -0.15) is 0 Å². The lowest BCUT2D eigenvalue weighted by Gasteiger charge is -2.15. The highest BCUT2D eigenvalue weighted by Gasteiger charge is 2.17. The Morgan fingerprint density at radius 1 is 1.19 bits per heavy atom. The normalized spacial score (nSPS) is 13.8. The molecule has 0 bridgehead atoms. The molecule has 0 aliphatic carbocycles. The Hall–Kier alpha value is -1.99. The molecule has 0 atom stereocenters. The second-order valence-corrected chi connectivity index (χ2v) is 8.03. The second-order valence-electron chi connectivity index (χ2n) is 6.53. The van der Waals surface area contributed by atoms with Crippen molar-refractivity contribution in [1.82, 2.24) is 14.8 Å². The van der Waals surface area contributed by atoms with E-state index in [1.54, 1.807) is 0 Å². The van der Waals surface area contributed by atoms with E-state index in [2.05, 4.69) is 5.32 Å². The third-order valence-corrected chi connectivity index (χ3v) is 5.82. The standard InChI is InChI=1S/C19H23N3O2S2/c1-14-4-6-15(7-5-14)16-13-26-19(25)22(16)12-17(23)20-9-8-18(24)21-10-2-3-11-21/h4-7,13H,2-3,8-12H2,1H3,(H,20,23). The van der Waals surface area contributed by atoms with Gasteiger partial charge in [0.05, 0.1) is 5.69 Å². The van der Waals surface area contributed by atoms with E-state index in [4.69, 9.17) is 12.2 Å². The molecule has 1 aromatic carbocycles. The average molecular weight is 390 g/mol. The molecule has 1 N–H and O–H groups in total. The first kappa shape index (κ1) is 18.8. The van der Waals surface area contributed by atoms with Crippen LogP contribution in [0.5, 0.6) is 0 Å². The van der Waals surface area contributed by atoms with Gasteiger partial charge in [0.2, 0.25) is 11.8 Å². The van der Waals surface area contributed by atoms with Crippen LogP contribution in [0.4, 0.5) is 0 Å². The van der Waals surface area contributed by atoms with Crippen LogP contribution < -0.4 is 5.32 Å². The lowest BCUT2D eigenvalue weighted by Crippen LogP contribution is -2.34. The first-order valence-corrected chi connectivity index (χ1v) is 10.1. The number of likely N-dealkylation sites (tertiary alicyclic amines) is 1. The number of hydrogen-bond donors (Lipinski definition) is 1. The fourth-order valence-corrected chi connectivity index (χ4v) is 4.14. The van der Waals surface area contributed by atoms with Gasteiger partial charge in [-0.25, -0.2) is 0 Å². The van der Waals surface area contributed by atoms with Crippen molar-refractivity contribution in [2.45, 2.75) is 32.7 Å². The Morgan fingerprint density at radius 2 is 1.88 bits per heavy atom. The number of hydrogen-bond acceptors (Lipinski definition) is 4. The van der Waals surface area contributed by atoms with Gasteiger partial charge in [-0.3, -0.25) is 9.59 Å². The van der Waals surface area contributed by atoms with E-state index in [0.29, 0.717) is 16.9 Å². The molecule has 1 aromatic heterocycles. The van der Waals surface area contributed by atoms with Crippen molar-refractivity contribution in [3.05, 3.63) is 39.2 Å². The van der Waals surface area contributed by atoms with Gasteiger partial charge in [0.1, 0.15) is 6.54 Å². The van der Waals surface area contributed by atoms with Gasteiger partial charge in [0.15, 0.2) is 3.95 Å². The van der Waals surface area contributed by atoms with Crippen molar-refractivity contribution in [2.24, 2.45) is 0 Å². The minimum atomic E-state index is -0.123. The highest BCUT2D eigenvalue weighted by Crippen LogP contribution is 2.24. The van der Waals surface area contributed by atoms with E-state index in [9.17, 15) is 9.59 Å². The largest absolute Gasteiger partial charge is 0.354 e. The molecule has 1 aliphatic rings. The molecule has 0 unspecified atom stereocenters. The van der Waals surface area contributed by atoms with Crippen LogP contribution in [0.2, 0.25) is 0 Å². The Labute approximate surface area is 162 Å². The quantitative estimate of drug-likeness (QED) is 0.771. The third kappa shape index (κ3) is 4.59. The van der Waals surface area contributed by atoms with E-state index < -0.39 is 0 Å². The minimum absolute atomic E-state index is 0.121. The summed E-state index contributed by atoms with van der Waals surface area (Å²) in [6, 6.07) is 8.17. The maximum Gasteiger partial charge on any atom is 0.240 e. The SMILES string of the molecule is Cc1ccc(-c2csc(=S)n2CC(=O)NCCC(=O)N2CCCC2)cc1. The molecule has 0 spiro atoms. The number of nitrogens with zero attached hydrogens (tertiary/aromatic N) is 2. The molecule has 0 radical (unpaired) electrons. The van der Waals surface area contributed by atoms with E-state index in [1.165, 1.54) is 16.9 Å². The van der Waals surface area contributed by atoms with E-state index >= 15 is 0 Å². The lowest BCUT2D eigenvalue weighted by atomic mass is 10.1. The number of aryl methyl sites for hydroxylation is 1. The highest BCUT2D eigenvalue weighted by molar-refractivity contribution is 7.73. The molecule has 1 saturated heterocycles. The summed E-state index contributed by atoms with van der Waals surface area (Å²) in [5.74, 6) is -0.00243. The van der Waals surface area contributed by atoms with Gasteiger partial charge in [-0.05, 0) is 37.5 Å². The van der Waals surface area contributed by atoms with Crippen LogP contribution in [0.25, 0.3) is 11.3 Å². The van der Waals surface area contributed by atoms with E-state index in [1.807, 2.05) is 46.0 Å². The number of benzene rings is 1. The van der Waals surface area contributed by atoms with E-state index in [-0.39, 0.29) is 18.4 Å². The number of rotatable bonds is 6. The molecule has 2 amide bonds. The molecule has 2 aromatic rings. The van der Waals surface area contributed by atoms with Gasteiger partial charge >= 0.3 is 0 Å². The predicted molar refractivity (Wildman–Crippen MR) is 107 cm³/mol. The predicted octanol–water partition coefficient (Wildman–Crippen LogP) is 3.38. The Bertz CT molecular complexity index is 833. The smallest absolute Gasteiger partial charge is 0.240 e. The number of amides is 2. The van der Waals surface area contributed by atoms with Gasteiger partial charge in [0.25, 0.3) is 0 Å². The second kappa shape index (κ2) is 8.60. The summed E-state index contributed by atoms with van der Waals surface area (Å²) in [6.07, 6.45) is 2.51. The molecule has 1 aliphatic heterocycles. The summed E-state index contributed by atoms with van der Waals surface area (Å²) in [7, 11) is 0. The molecule has 3 rings (SSSR count). The van der Waals surface area contributed by atoms with Crippen LogP contribution in [-0.4, -0.2) is 40.9 Å². The Morgan fingerprint density at radius 3 is 2.58 bits per heavy atom. The van der Waals surface area contributed by atoms with Crippen LogP contribution in [0, 0.1) is 10.9 Å². The summed E-state index contributed by atoms with van der Waals surface area (Å²) >= 11 is 6.84. The van der Waals surface area contributed by atoms with Crippen molar-refractivity contribution in [3.8, 4) is 11.3 Å². The number of carbonyl (C=O) groups excluding carboxylic acids is 2. The summed E-state index contributed by atoms with van der Waals surface area (Å²) in [6.45, 7) is 4.27. The number of thiazole rings is 1. The monoisotopic (exact) mass is 389 g/mol. The molecular weight excluding hydrogens is 366 g/mol. The highest BCUT2D eigenvalue weighted by atomic mass is 32.1. The molecule has 1 fully saturated rings. The topological polar surface area (TPSA) is 54.3 Å². The van der Waals surface area contributed by atoms with Crippen molar-refractivity contribution in [1.29, 1.82) is 0 Å². The van der Waals surface area contributed by atoms with Crippen LogP contribution >= 0.6 is 23.6 Å². The van der Waals surface area contributed by atoms with Crippen molar-refractivity contribution >= 4 is 35.4 Å². The molecule has 2 heterocycles. The number of carbonyl (C=O) groups is 2. The number of nitrogens with one attached hydrogen (secondary N) is 1. The summed E-state index contributed by atoms with van der Waals surface area (Å²) in [4.78, 5) is 26.2. The van der Waals surface area contributed by atoms with Gasteiger partial charge in [-0.1, -0.05) is 29.8 Å². The van der Waals surface area contributed by atoms with Gasteiger partial charge in [0, 0.05) is 31.4 Å². The third-order valence-electron chi connectivity index (χ3n) is 4.55. The Balaban J connectivity index is 1.57. The molecule has 138 valence electrons. The van der Waals surface area contributed by atoms with Gasteiger partial charge in [-0.15, -0.1) is 11.3 Å². The maximum atomic E-state index is 12.3. The zero-order valence-corrected chi connectivity index (χ0v) is 16.5. The van der Waals surface area contributed by atoms with E-state index in [0.717, 1.165) is 37.2 Å². The van der Waals surface area contributed by atoms with Crippen LogP contribution in [0.15, 0.2) is 29.6 Å². The Kier molecular flexibility index (Phi) is 6.21. The molecular formula is C19H23N3O2S2. The molecule has 0 saturated carbocycles.